The molecule has 2 fully saturated rings. The molecular weight excluding hydrogens is 271 g/mol. The van der Waals surface area contributed by atoms with Crippen molar-refractivity contribution in [2.24, 2.45) is 5.92 Å². The lowest BCUT2D eigenvalue weighted by Crippen LogP contribution is -2.58. The van der Waals surface area contributed by atoms with Crippen molar-refractivity contribution in [2.75, 3.05) is 31.1 Å². The molecule has 2 saturated heterocycles. The molecule has 1 aromatic carbocycles. The summed E-state index contributed by atoms with van der Waals surface area (Å²) in [5.41, 5.74) is -0.0517. The largest absolute Gasteiger partial charge is 0.363 e. The first kappa shape index (κ1) is 14.5. The molecule has 0 saturated carbocycles. The molecule has 1 N–H and O–H groups in total. The third kappa shape index (κ3) is 2.80. The Morgan fingerprint density at radius 3 is 2.76 bits per heavy atom. The van der Waals surface area contributed by atoms with E-state index in [0.717, 1.165) is 25.9 Å². The first-order chi connectivity index (χ1) is 10.1. The number of carbonyl (C=O) groups excluding carboxylic acids is 1. The van der Waals surface area contributed by atoms with Crippen LogP contribution in [0, 0.1) is 11.7 Å². The lowest BCUT2D eigenvalue weighted by molar-refractivity contribution is -0.144. The van der Waals surface area contributed by atoms with Crippen molar-refractivity contribution < 1.29 is 13.9 Å². The molecule has 0 aromatic heterocycles. The summed E-state index contributed by atoms with van der Waals surface area (Å²) in [5, 5.41) is 3.34. The summed E-state index contributed by atoms with van der Waals surface area (Å²) in [6, 6.07) is 6.43. The number of benzene rings is 1. The highest BCUT2D eigenvalue weighted by atomic mass is 19.1. The number of ether oxygens (including phenoxy) is 1. The fraction of sp³-hybridized carbons (Fsp3) is 0.562. The van der Waals surface area contributed by atoms with Crippen LogP contribution in [0.4, 0.5) is 10.1 Å². The number of hydrogen-bond acceptors (Lipinski definition) is 3. The minimum absolute atomic E-state index is 0.0226. The minimum Gasteiger partial charge on any atom is -0.363 e. The fourth-order valence-corrected chi connectivity index (χ4v) is 3.32. The van der Waals surface area contributed by atoms with Crippen molar-refractivity contribution in [3.05, 3.63) is 30.1 Å². The van der Waals surface area contributed by atoms with Gasteiger partial charge in [0.15, 0.2) is 0 Å². The van der Waals surface area contributed by atoms with Gasteiger partial charge < -0.3 is 15.0 Å². The number of rotatable bonds is 2. The number of carbonyl (C=O) groups is 1. The minimum atomic E-state index is -0.404. The number of hydrogen-bond donors (Lipinski definition) is 1. The van der Waals surface area contributed by atoms with Crippen LogP contribution < -0.4 is 10.2 Å². The van der Waals surface area contributed by atoms with Crippen LogP contribution >= 0.6 is 0 Å². The number of amides is 1. The maximum absolute atomic E-state index is 14.0. The van der Waals surface area contributed by atoms with Gasteiger partial charge in [0.05, 0.1) is 17.8 Å². The molecule has 0 spiro atoms. The number of halogens is 1. The number of morpholine rings is 1. The summed E-state index contributed by atoms with van der Waals surface area (Å²) in [6.07, 6.45) is 2.05. The predicted octanol–water partition coefficient (Wildman–Crippen LogP) is 1.95. The molecule has 21 heavy (non-hydrogen) atoms. The van der Waals surface area contributed by atoms with Crippen molar-refractivity contribution in [1.82, 2.24) is 5.32 Å². The lowest BCUT2D eigenvalue weighted by Gasteiger charge is -2.46. The van der Waals surface area contributed by atoms with Crippen LogP contribution in [0.5, 0.6) is 0 Å². The third-order valence-electron chi connectivity index (χ3n) is 4.64. The molecule has 1 amide bonds. The zero-order valence-electron chi connectivity index (χ0n) is 12.3. The Morgan fingerprint density at radius 2 is 2.05 bits per heavy atom. The molecule has 0 radical (unpaired) electrons. The monoisotopic (exact) mass is 292 g/mol. The van der Waals surface area contributed by atoms with Crippen LogP contribution in [-0.4, -0.2) is 37.7 Å². The Balaban J connectivity index is 1.84. The highest BCUT2D eigenvalue weighted by molar-refractivity contribution is 5.95. The van der Waals surface area contributed by atoms with Gasteiger partial charge in [-0.2, -0.15) is 0 Å². The van der Waals surface area contributed by atoms with Gasteiger partial charge in [0.25, 0.3) is 5.91 Å². The van der Waals surface area contributed by atoms with Crippen LogP contribution in [0.1, 0.15) is 19.8 Å². The molecule has 3 rings (SSSR count). The van der Waals surface area contributed by atoms with Gasteiger partial charge in [-0.1, -0.05) is 12.1 Å². The first-order valence-corrected chi connectivity index (χ1v) is 7.50. The Labute approximate surface area is 124 Å². The summed E-state index contributed by atoms with van der Waals surface area (Å²) < 4.78 is 19.9. The number of para-hydroxylation sites is 1. The van der Waals surface area contributed by atoms with Gasteiger partial charge in [-0.15, -0.1) is 0 Å². The summed E-state index contributed by atoms with van der Waals surface area (Å²) in [4.78, 5) is 13.7. The average molecular weight is 292 g/mol. The molecule has 114 valence electrons. The molecule has 1 aromatic rings. The second kappa shape index (κ2) is 5.73. The van der Waals surface area contributed by atoms with E-state index in [9.17, 15) is 9.18 Å². The highest BCUT2D eigenvalue weighted by Gasteiger charge is 2.43. The molecule has 1 unspecified atom stereocenters. The highest BCUT2D eigenvalue weighted by Crippen LogP contribution is 2.35. The van der Waals surface area contributed by atoms with E-state index in [-0.39, 0.29) is 18.3 Å². The molecule has 4 nitrogen and oxygen atoms in total. The van der Waals surface area contributed by atoms with Crippen molar-refractivity contribution in [3.8, 4) is 0 Å². The van der Waals surface area contributed by atoms with Gasteiger partial charge in [-0.3, -0.25) is 4.79 Å². The van der Waals surface area contributed by atoms with Gasteiger partial charge >= 0.3 is 0 Å². The van der Waals surface area contributed by atoms with Crippen LogP contribution in [0.2, 0.25) is 0 Å². The molecule has 2 aliphatic rings. The van der Waals surface area contributed by atoms with Crippen molar-refractivity contribution >= 4 is 11.6 Å². The maximum atomic E-state index is 14.0. The molecule has 0 bridgehead atoms. The van der Waals surface area contributed by atoms with E-state index in [2.05, 4.69) is 5.32 Å². The summed E-state index contributed by atoms with van der Waals surface area (Å²) in [7, 11) is 0. The van der Waals surface area contributed by atoms with Gasteiger partial charge in [0.1, 0.15) is 12.4 Å². The smallest absolute Gasteiger partial charge is 0.253 e. The molecule has 1 atom stereocenters. The van der Waals surface area contributed by atoms with Gasteiger partial charge in [-0.25, -0.2) is 4.39 Å². The van der Waals surface area contributed by atoms with Gasteiger partial charge in [0.2, 0.25) is 0 Å². The van der Waals surface area contributed by atoms with E-state index in [1.165, 1.54) is 6.07 Å². The summed E-state index contributed by atoms with van der Waals surface area (Å²) in [6.45, 7) is 4.42. The number of nitrogens with zero attached hydrogens (tertiary/aromatic N) is 1. The van der Waals surface area contributed by atoms with Gasteiger partial charge in [0, 0.05) is 0 Å². The van der Waals surface area contributed by atoms with Gasteiger partial charge in [-0.05, 0) is 50.9 Å². The molecular formula is C16H21FN2O2. The zero-order valence-corrected chi connectivity index (χ0v) is 12.3. The van der Waals surface area contributed by atoms with E-state index < -0.39 is 5.60 Å². The average Bonchev–Trinajstić information content (AvgIpc) is 2.52. The lowest BCUT2D eigenvalue weighted by atomic mass is 9.81. The van der Waals surface area contributed by atoms with Crippen molar-refractivity contribution in [2.45, 2.75) is 25.4 Å². The Hall–Kier alpha value is -1.46. The Bertz CT molecular complexity index is 531. The van der Waals surface area contributed by atoms with Crippen LogP contribution in [0.3, 0.4) is 0 Å². The van der Waals surface area contributed by atoms with E-state index in [0.29, 0.717) is 18.2 Å². The van der Waals surface area contributed by atoms with E-state index in [1.807, 2.05) is 6.92 Å². The van der Waals surface area contributed by atoms with Crippen molar-refractivity contribution in [3.63, 3.8) is 0 Å². The second-order valence-corrected chi connectivity index (χ2v) is 6.06. The first-order valence-electron chi connectivity index (χ1n) is 7.50. The molecule has 5 heteroatoms. The maximum Gasteiger partial charge on any atom is 0.253 e. The number of anilines is 1. The second-order valence-electron chi connectivity index (χ2n) is 6.06. The van der Waals surface area contributed by atoms with Crippen LogP contribution in [0.25, 0.3) is 0 Å². The van der Waals surface area contributed by atoms with Crippen molar-refractivity contribution in [1.29, 1.82) is 0 Å². The van der Waals surface area contributed by atoms with E-state index >= 15 is 0 Å². The van der Waals surface area contributed by atoms with E-state index in [4.69, 9.17) is 4.74 Å². The quantitative estimate of drug-likeness (QED) is 0.906. The number of piperidine rings is 1. The molecule has 2 heterocycles. The zero-order chi connectivity index (χ0) is 14.9. The topological polar surface area (TPSA) is 41.6 Å². The third-order valence-corrected chi connectivity index (χ3v) is 4.64. The molecule has 2 aliphatic heterocycles. The summed E-state index contributed by atoms with van der Waals surface area (Å²) >= 11 is 0. The fourth-order valence-electron chi connectivity index (χ4n) is 3.32. The number of nitrogens with one attached hydrogen (secondary N) is 1. The molecule has 0 aliphatic carbocycles. The SMILES string of the molecule is CC1(C2CCNCC2)CN(c2ccccc2F)C(=O)CO1. The van der Waals surface area contributed by atoms with Crippen LogP contribution in [-0.2, 0) is 9.53 Å². The predicted molar refractivity (Wildman–Crippen MR) is 78.7 cm³/mol. The normalized spacial score (nSPS) is 27.9. The van der Waals surface area contributed by atoms with Crippen LogP contribution in [0.15, 0.2) is 24.3 Å². The van der Waals surface area contributed by atoms with E-state index in [1.54, 1.807) is 23.1 Å². The summed E-state index contributed by atoms with van der Waals surface area (Å²) in [5.74, 6) is -0.145. The standard InChI is InChI=1S/C16H21FN2O2/c1-16(12-6-8-18-9-7-12)11-19(15(20)10-21-16)14-5-3-2-4-13(14)17/h2-5,12,18H,6-11H2,1H3. The Kier molecular flexibility index (Phi) is 3.95. The Morgan fingerprint density at radius 1 is 1.33 bits per heavy atom.